The molecule has 0 saturated heterocycles. The number of hydrogen-bond acceptors (Lipinski definition) is 4. The van der Waals surface area contributed by atoms with Crippen molar-refractivity contribution in [1.82, 2.24) is 4.98 Å². The van der Waals surface area contributed by atoms with Gasteiger partial charge in [0.2, 0.25) is 5.89 Å². The first-order valence-electron chi connectivity index (χ1n) is 16.5. The summed E-state index contributed by atoms with van der Waals surface area (Å²) in [4.78, 5) is 7.23. The Labute approximate surface area is 282 Å². The Balaban J connectivity index is 1.21. The molecule has 2 heterocycles. The maximum absolute atomic E-state index is 6.42. The Hall–Kier alpha value is -6.65. The van der Waals surface area contributed by atoms with Crippen molar-refractivity contribution in [1.29, 1.82) is 0 Å². The maximum Gasteiger partial charge on any atom is 0.227 e. The first-order valence-corrected chi connectivity index (χ1v) is 16.5. The van der Waals surface area contributed by atoms with Gasteiger partial charge in [-0.2, -0.15) is 0 Å². The van der Waals surface area contributed by atoms with Gasteiger partial charge < -0.3 is 13.7 Å². The zero-order chi connectivity index (χ0) is 32.3. The van der Waals surface area contributed by atoms with Gasteiger partial charge in [-0.1, -0.05) is 109 Å². The lowest BCUT2D eigenvalue weighted by Crippen LogP contribution is -2.10. The predicted molar refractivity (Wildman–Crippen MR) is 202 cm³/mol. The summed E-state index contributed by atoms with van der Waals surface area (Å²) in [5.74, 6) is 0.598. The number of rotatable bonds is 5. The third-order valence-electron chi connectivity index (χ3n) is 9.44. The van der Waals surface area contributed by atoms with Crippen LogP contribution in [0.3, 0.4) is 0 Å². The molecule has 2 aromatic heterocycles. The van der Waals surface area contributed by atoms with E-state index in [0.717, 1.165) is 55.6 Å². The van der Waals surface area contributed by atoms with Gasteiger partial charge in [0.15, 0.2) is 5.58 Å². The summed E-state index contributed by atoms with van der Waals surface area (Å²) in [7, 11) is 0. The monoisotopic (exact) mass is 628 g/mol. The number of fused-ring (bicyclic) bond motifs is 7. The first-order chi connectivity index (χ1) is 24.3. The van der Waals surface area contributed by atoms with E-state index in [1.807, 2.05) is 36.4 Å². The Kier molecular flexibility index (Phi) is 6.15. The second-order valence-electron chi connectivity index (χ2n) is 12.4. The summed E-state index contributed by atoms with van der Waals surface area (Å²) < 4.78 is 12.6. The number of oxazole rings is 1. The summed E-state index contributed by atoms with van der Waals surface area (Å²) in [5, 5.41) is 6.85. The smallest absolute Gasteiger partial charge is 0.227 e. The number of hydrogen-bond donors (Lipinski definition) is 0. The highest BCUT2D eigenvalue weighted by Gasteiger charge is 2.20. The molecule has 230 valence electrons. The topological polar surface area (TPSA) is 42.4 Å². The van der Waals surface area contributed by atoms with Gasteiger partial charge in [-0.3, -0.25) is 0 Å². The molecule has 49 heavy (non-hydrogen) atoms. The minimum atomic E-state index is 0.598. The summed E-state index contributed by atoms with van der Waals surface area (Å²) >= 11 is 0. The molecule has 8 aromatic carbocycles. The van der Waals surface area contributed by atoms with Crippen LogP contribution in [-0.4, -0.2) is 4.98 Å². The molecule has 4 heteroatoms. The fourth-order valence-electron chi connectivity index (χ4n) is 7.13. The molecule has 0 unspecified atom stereocenters. The molecule has 0 bridgehead atoms. The third kappa shape index (κ3) is 4.57. The number of anilines is 3. The van der Waals surface area contributed by atoms with Crippen LogP contribution in [0.25, 0.3) is 77.2 Å². The highest BCUT2D eigenvalue weighted by molar-refractivity contribution is 6.15. The van der Waals surface area contributed by atoms with Gasteiger partial charge in [0.05, 0.1) is 5.69 Å². The fraction of sp³-hybridized carbons (Fsp3) is 0. The molecule has 0 aliphatic heterocycles. The average molecular weight is 629 g/mol. The van der Waals surface area contributed by atoms with E-state index in [0.29, 0.717) is 11.5 Å². The van der Waals surface area contributed by atoms with E-state index in [1.54, 1.807) is 0 Å². The quantitative estimate of drug-likeness (QED) is 0.178. The summed E-state index contributed by atoms with van der Waals surface area (Å²) in [6.07, 6.45) is 0. The van der Waals surface area contributed by atoms with Gasteiger partial charge in [0, 0.05) is 39.2 Å². The molecule has 10 aromatic rings. The Morgan fingerprint density at radius 1 is 0.388 bits per heavy atom. The first kappa shape index (κ1) is 27.5. The van der Waals surface area contributed by atoms with Crippen LogP contribution in [0, 0.1) is 0 Å². The van der Waals surface area contributed by atoms with E-state index in [4.69, 9.17) is 13.8 Å². The molecule has 4 nitrogen and oxygen atoms in total. The lowest BCUT2D eigenvalue weighted by molar-refractivity contribution is 0.617. The second-order valence-corrected chi connectivity index (χ2v) is 12.4. The molecular formula is C45H28N2O2. The summed E-state index contributed by atoms with van der Waals surface area (Å²) in [5.41, 5.74) is 9.57. The zero-order valence-corrected chi connectivity index (χ0v) is 26.4. The predicted octanol–water partition coefficient (Wildman–Crippen LogP) is 12.8. The molecule has 0 fully saturated rings. The van der Waals surface area contributed by atoms with E-state index in [9.17, 15) is 0 Å². The molecule has 0 aliphatic carbocycles. The summed E-state index contributed by atoms with van der Waals surface area (Å²) in [6, 6.07) is 59.5. The summed E-state index contributed by atoms with van der Waals surface area (Å²) in [6.45, 7) is 0. The highest BCUT2D eigenvalue weighted by Crippen LogP contribution is 2.44. The van der Waals surface area contributed by atoms with Crippen molar-refractivity contribution in [3.05, 3.63) is 170 Å². The van der Waals surface area contributed by atoms with E-state index >= 15 is 0 Å². The molecule has 0 spiro atoms. The van der Waals surface area contributed by atoms with Gasteiger partial charge in [-0.05, 0) is 81.9 Å². The normalized spacial score (nSPS) is 11.7. The number of aromatic nitrogens is 1. The molecule has 0 saturated carbocycles. The highest BCUT2D eigenvalue weighted by atomic mass is 16.4. The van der Waals surface area contributed by atoms with Gasteiger partial charge in [0.25, 0.3) is 0 Å². The minimum Gasteiger partial charge on any atom is -0.456 e. The van der Waals surface area contributed by atoms with Crippen molar-refractivity contribution in [2.24, 2.45) is 0 Å². The zero-order valence-electron chi connectivity index (χ0n) is 26.4. The fourth-order valence-corrected chi connectivity index (χ4v) is 7.13. The van der Waals surface area contributed by atoms with Crippen LogP contribution in [0.2, 0.25) is 0 Å². The van der Waals surface area contributed by atoms with Crippen LogP contribution < -0.4 is 4.90 Å². The lowest BCUT2D eigenvalue weighted by atomic mass is 9.98. The SMILES string of the molecule is c1ccc(-c2cccc(N(c3ccc4oc5cc6oc(-c7ccccc7)nc6cc5c4c3)c3cc4ccccc4c4ccccc34)c2)cc1. The number of furan rings is 1. The number of benzene rings is 8. The molecule has 0 radical (unpaired) electrons. The van der Waals surface area contributed by atoms with Crippen molar-refractivity contribution in [2.45, 2.75) is 0 Å². The molecule has 0 aliphatic rings. The third-order valence-corrected chi connectivity index (χ3v) is 9.44. The van der Waals surface area contributed by atoms with Crippen LogP contribution in [0.5, 0.6) is 0 Å². The Bertz CT molecular complexity index is 2830. The van der Waals surface area contributed by atoms with Crippen LogP contribution >= 0.6 is 0 Å². The van der Waals surface area contributed by atoms with Crippen LogP contribution in [0.15, 0.2) is 179 Å². The van der Waals surface area contributed by atoms with Gasteiger partial charge in [-0.15, -0.1) is 0 Å². The standard InChI is InChI=1S/C45H28N2O2/c1-3-12-29(13-4-1)31-17-11-18-33(24-31)47(41-25-32-16-7-8-19-35(32)36-20-9-10-21-37(36)41)34-22-23-42-38(26-34)39-27-40-44(28-43(39)48-42)49-45(46-40)30-14-5-2-6-15-30/h1-28H. The molecule has 10 rings (SSSR count). The van der Waals surface area contributed by atoms with Crippen molar-refractivity contribution in [3.63, 3.8) is 0 Å². The van der Waals surface area contributed by atoms with E-state index in [1.165, 1.54) is 27.1 Å². The average Bonchev–Trinajstić information content (AvgIpc) is 3.75. The van der Waals surface area contributed by atoms with Crippen LogP contribution in [0.1, 0.15) is 0 Å². The van der Waals surface area contributed by atoms with Crippen molar-refractivity contribution < 1.29 is 8.83 Å². The lowest BCUT2D eigenvalue weighted by Gasteiger charge is -2.28. The van der Waals surface area contributed by atoms with E-state index in [2.05, 4.69) is 138 Å². The molecule has 0 amide bonds. The van der Waals surface area contributed by atoms with Gasteiger partial charge in [0.1, 0.15) is 16.7 Å². The van der Waals surface area contributed by atoms with Crippen molar-refractivity contribution in [2.75, 3.05) is 4.90 Å². The van der Waals surface area contributed by atoms with E-state index in [-0.39, 0.29) is 0 Å². The number of nitrogens with zero attached hydrogens (tertiary/aromatic N) is 2. The Morgan fingerprint density at radius 2 is 1.06 bits per heavy atom. The van der Waals surface area contributed by atoms with Crippen molar-refractivity contribution >= 4 is 71.6 Å². The van der Waals surface area contributed by atoms with Crippen molar-refractivity contribution in [3.8, 4) is 22.6 Å². The maximum atomic E-state index is 6.42. The van der Waals surface area contributed by atoms with Crippen LogP contribution in [0.4, 0.5) is 17.1 Å². The van der Waals surface area contributed by atoms with Crippen LogP contribution in [-0.2, 0) is 0 Å². The molecule has 0 atom stereocenters. The van der Waals surface area contributed by atoms with Gasteiger partial charge in [-0.25, -0.2) is 4.98 Å². The molecular weight excluding hydrogens is 601 g/mol. The largest absolute Gasteiger partial charge is 0.456 e. The minimum absolute atomic E-state index is 0.598. The second kappa shape index (κ2) is 11.0. The molecule has 0 N–H and O–H groups in total. The Morgan fingerprint density at radius 3 is 1.90 bits per heavy atom. The van der Waals surface area contributed by atoms with Gasteiger partial charge >= 0.3 is 0 Å². The van der Waals surface area contributed by atoms with E-state index < -0.39 is 0 Å².